The van der Waals surface area contributed by atoms with Crippen LogP contribution in [0, 0.1) is 5.41 Å². The Bertz CT molecular complexity index is 1830. The molecule has 12 heteroatoms. The van der Waals surface area contributed by atoms with Gasteiger partial charge in [-0.2, -0.15) is 0 Å². The average molecular weight is 633 g/mol. The van der Waals surface area contributed by atoms with Gasteiger partial charge in [-0.1, -0.05) is 60.7 Å². The van der Waals surface area contributed by atoms with Crippen LogP contribution in [0.1, 0.15) is 49.5 Å². The third-order valence-electron chi connectivity index (χ3n) is 8.23. The second kappa shape index (κ2) is 14.3. The lowest BCUT2D eigenvalue weighted by Crippen LogP contribution is -2.43. The van der Waals surface area contributed by atoms with E-state index in [2.05, 4.69) is 19.9 Å². The number of aromatic nitrogens is 8. The third-order valence-corrected chi connectivity index (χ3v) is 8.23. The minimum Gasteiger partial charge on any atom is -0.465 e. The number of nitrogens with zero attached hydrogens (tertiary/aromatic N) is 8. The molecule has 240 valence electrons. The van der Waals surface area contributed by atoms with Crippen LogP contribution < -0.4 is 0 Å². The Morgan fingerprint density at radius 2 is 1.09 bits per heavy atom. The van der Waals surface area contributed by atoms with Crippen molar-refractivity contribution in [1.82, 2.24) is 39.0 Å². The maximum Gasteiger partial charge on any atom is 0.323 e. The van der Waals surface area contributed by atoms with Crippen LogP contribution >= 0.6 is 0 Å². The summed E-state index contributed by atoms with van der Waals surface area (Å²) in [6.45, 7) is 4.71. The molecule has 0 aliphatic rings. The number of rotatable bonds is 14. The zero-order valence-electron chi connectivity index (χ0n) is 26.5. The van der Waals surface area contributed by atoms with E-state index in [4.69, 9.17) is 19.4 Å². The van der Waals surface area contributed by atoms with E-state index in [0.717, 1.165) is 11.1 Å². The first-order chi connectivity index (χ1) is 23.0. The smallest absolute Gasteiger partial charge is 0.323 e. The number of hydrogen-bond acceptors (Lipinski definition) is 10. The van der Waals surface area contributed by atoms with Crippen LogP contribution in [0.2, 0.25) is 0 Å². The molecule has 0 saturated heterocycles. The van der Waals surface area contributed by atoms with Crippen molar-refractivity contribution in [3.63, 3.8) is 0 Å². The summed E-state index contributed by atoms with van der Waals surface area (Å²) < 4.78 is 15.2. The molecule has 0 radical (unpaired) electrons. The number of benzene rings is 2. The normalized spacial score (nSPS) is 11.6. The van der Waals surface area contributed by atoms with Gasteiger partial charge in [-0.25, -0.2) is 29.9 Å². The number of ether oxygens (including phenoxy) is 2. The SMILES string of the molecule is CCOC(=O)C(CCc1nc2cncnc2n1Cc1ccccc1)(CCc1nc2cncnc2n1Cc1ccccc1)C(=O)OCC. The van der Waals surface area contributed by atoms with Crippen LogP contribution in [-0.4, -0.2) is 64.2 Å². The summed E-state index contributed by atoms with van der Waals surface area (Å²) >= 11 is 0. The first-order valence-electron chi connectivity index (χ1n) is 15.7. The fourth-order valence-corrected chi connectivity index (χ4v) is 5.90. The lowest BCUT2D eigenvalue weighted by Gasteiger charge is -2.29. The van der Waals surface area contributed by atoms with Gasteiger partial charge in [0.1, 0.15) is 35.3 Å². The Morgan fingerprint density at radius 3 is 1.49 bits per heavy atom. The highest BCUT2D eigenvalue weighted by molar-refractivity contribution is 6.00. The molecule has 0 amide bonds. The lowest BCUT2D eigenvalue weighted by atomic mass is 9.78. The lowest BCUT2D eigenvalue weighted by molar-refractivity contribution is -0.173. The summed E-state index contributed by atoms with van der Waals surface area (Å²) in [5.41, 5.74) is 3.12. The second-order valence-corrected chi connectivity index (χ2v) is 11.2. The molecule has 4 heterocycles. The molecule has 0 saturated carbocycles. The van der Waals surface area contributed by atoms with Crippen LogP contribution in [0.5, 0.6) is 0 Å². The molecule has 2 aromatic carbocycles. The standard InChI is InChI=1S/C35H36N8O4/c1-3-46-33(44)35(34(45)47-4-2,17-15-29-40-27-19-36-23-38-31(27)42(29)21-25-11-7-5-8-12-25)18-16-30-41-28-20-37-24-39-32(28)43(30)22-26-13-9-6-10-14-26/h5-14,19-20,23-24H,3-4,15-18,21-22H2,1-2H3. The van der Waals surface area contributed by atoms with E-state index in [0.29, 0.717) is 47.1 Å². The highest BCUT2D eigenvalue weighted by atomic mass is 16.6. The highest BCUT2D eigenvalue weighted by Crippen LogP contribution is 2.35. The van der Waals surface area contributed by atoms with E-state index in [-0.39, 0.29) is 38.9 Å². The number of aryl methyl sites for hydroxylation is 2. The number of fused-ring (bicyclic) bond motifs is 2. The molecular formula is C35H36N8O4. The molecular weight excluding hydrogens is 596 g/mol. The Morgan fingerprint density at radius 1 is 0.660 bits per heavy atom. The number of carbonyl (C=O) groups excluding carboxylic acids is 2. The Balaban J connectivity index is 1.36. The molecule has 0 spiro atoms. The molecule has 0 aliphatic heterocycles. The van der Waals surface area contributed by atoms with Gasteiger partial charge in [0.2, 0.25) is 0 Å². The van der Waals surface area contributed by atoms with Crippen molar-refractivity contribution in [2.24, 2.45) is 5.41 Å². The van der Waals surface area contributed by atoms with Crippen LogP contribution in [0.4, 0.5) is 0 Å². The van der Waals surface area contributed by atoms with Gasteiger partial charge in [-0.15, -0.1) is 0 Å². The van der Waals surface area contributed by atoms with Crippen molar-refractivity contribution in [3.05, 3.63) is 108 Å². The predicted molar refractivity (Wildman–Crippen MR) is 174 cm³/mol. The van der Waals surface area contributed by atoms with Gasteiger partial charge in [-0.05, 0) is 37.8 Å². The van der Waals surface area contributed by atoms with Crippen molar-refractivity contribution in [1.29, 1.82) is 0 Å². The Kier molecular flexibility index (Phi) is 9.56. The third kappa shape index (κ3) is 6.71. The number of carbonyl (C=O) groups is 2. The van der Waals surface area contributed by atoms with E-state index in [1.807, 2.05) is 69.8 Å². The number of hydrogen-bond donors (Lipinski definition) is 0. The molecule has 0 unspecified atom stereocenters. The average Bonchev–Trinajstić information content (AvgIpc) is 3.63. The zero-order valence-corrected chi connectivity index (χ0v) is 26.5. The van der Waals surface area contributed by atoms with Crippen LogP contribution in [0.15, 0.2) is 85.7 Å². The Labute approximate surface area is 271 Å². The monoisotopic (exact) mass is 632 g/mol. The molecule has 0 atom stereocenters. The van der Waals surface area contributed by atoms with E-state index in [1.54, 1.807) is 26.2 Å². The predicted octanol–water partition coefficient (Wildman–Crippen LogP) is 4.74. The highest BCUT2D eigenvalue weighted by Gasteiger charge is 2.48. The first kappa shape index (κ1) is 31.5. The van der Waals surface area contributed by atoms with Gasteiger partial charge in [0.15, 0.2) is 16.7 Å². The summed E-state index contributed by atoms with van der Waals surface area (Å²) in [7, 11) is 0. The van der Waals surface area contributed by atoms with Gasteiger partial charge in [0.25, 0.3) is 0 Å². The van der Waals surface area contributed by atoms with Crippen LogP contribution in [-0.2, 0) is 45.0 Å². The summed E-state index contributed by atoms with van der Waals surface area (Å²) in [6, 6.07) is 20.0. The molecule has 12 nitrogen and oxygen atoms in total. The zero-order chi connectivity index (χ0) is 32.6. The van der Waals surface area contributed by atoms with E-state index in [9.17, 15) is 9.59 Å². The topological polar surface area (TPSA) is 140 Å². The van der Waals surface area contributed by atoms with E-state index in [1.165, 1.54) is 12.7 Å². The summed E-state index contributed by atoms with van der Waals surface area (Å²) in [5, 5.41) is 0. The molecule has 4 aromatic heterocycles. The molecule has 6 rings (SSSR count). The van der Waals surface area contributed by atoms with Gasteiger partial charge in [0.05, 0.1) is 38.7 Å². The van der Waals surface area contributed by atoms with Gasteiger partial charge in [0, 0.05) is 12.8 Å². The maximum atomic E-state index is 13.9. The quantitative estimate of drug-likeness (QED) is 0.122. The summed E-state index contributed by atoms with van der Waals surface area (Å²) in [4.78, 5) is 54.8. The molecule has 0 aliphatic carbocycles. The van der Waals surface area contributed by atoms with Crippen molar-refractivity contribution < 1.29 is 19.1 Å². The van der Waals surface area contributed by atoms with Gasteiger partial charge < -0.3 is 18.6 Å². The molecule has 0 bridgehead atoms. The molecule has 0 N–H and O–H groups in total. The summed E-state index contributed by atoms with van der Waals surface area (Å²) in [6.07, 6.45) is 7.09. The second-order valence-electron chi connectivity index (χ2n) is 11.2. The van der Waals surface area contributed by atoms with Crippen LogP contribution in [0.25, 0.3) is 22.3 Å². The fourth-order valence-electron chi connectivity index (χ4n) is 5.90. The summed E-state index contributed by atoms with van der Waals surface area (Å²) in [5.74, 6) is 0.0896. The minimum atomic E-state index is -1.62. The maximum absolute atomic E-state index is 13.9. The van der Waals surface area contributed by atoms with Crippen molar-refractivity contribution >= 4 is 34.3 Å². The number of esters is 2. The molecule has 6 aromatic rings. The minimum absolute atomic E-state index is 0.106. The van der Waals surface area contributed by atoms with E-state index >= 15 is 0 Å². The van der Waals surface area contributed by atoms with Gasteiger partial charge in [-0.3, -0.25) is 9.59 Å². The number of imidazole rings is 2. The fraction of sp³-hybridized carbons (Fsp3) is 0.314. The first-order valence-corrected chi connectivity index (χ1v) is 15.7. The molecule has 47 heavy (non-hydrogen) atoms. The van der Waals surface area contributed by atoms with Crippen molar-refractivity contribution in [3.8, 4) is 0 Å². The van der Waals surface area contributed by atoms with E-state index < -0.39 is 17.4 Å². The van der Waals surface area contributed by atoms with Crippen LogP contribution in [0.3, 0.4) is 0 Å². The molecule has 0 fully saturated rings. The van der Waals surface area contributed by atoms with Gasteiger partial charge >= 0.3 is 11.9 Å². The largest absolute Gasteiger partial charge is 0.465 e. The van der Waals surface area contributed by atoms with Crippen molar-refractivity contribution in [2.75, 3.05) is 13.2 Å². The Hall–Kier alpha value is -5.52. The van der Waals surface area contributed by atoms with Crippen molar-refractivity contribution in [2.45, 2.75) is 52.6 Å².